The molecule has 28 heavy (non-hydrogen) atoms. The molecule has 0 spiro atoms. The maximum atomic E-state index is 11.1. The van der Waals surface area contributed by atoms with Crippen LogP contribution in [-0.4, -0.2) is 87.2 Å². The Hall–Kier alpha value is 0.520. The van der Waals surface area contributed by atoms with Gasteiger partial charge in [-0.3, -0.25) is 28.1 Å². The lowest BCUT2D eigenvalue weighted by Gasteiger charge is -2.27. The van der Waals surface area contributed by atoms with Crippen molar-refractivity contribution in [2.45, 2.75) is 19.8 Å². The third-order valence-electron chi connectivity index (χ3n) is 3.28. The molecule has 1 atom stereocenters. The van der Waals surface area contributed by atoms with Crippen molar-refractivity contribution in [3.63, 3.8) is 0 Å². The molecule has 0 heterocycles. The molecule has 18 heteroatoms. The van der Waals surface area contributed by atoms with Crippen molar-refractivity contribution in [2.75, 3.05) is 38.2 Å². The molecule has 0 saturated heterocycles. The third kappa shape index (κ3) is 18.5. The van der Waals surface area contributed by atoms with Crippen LogP contribution in [0.5, 0.6) is 0 Å². The summed E-state index contributed by atoms with van der Waals surface area (Å²) in [4.78, 5) is 73.9. The fraction of sp³-hybridized carbons (Fsp3) is 1.00. The maximum Gasteiger partial charge on any atom is 0.339 e. The zero-order valence-corrected chi connectivity index (χ0v) is 18.7. The highest BCUT2D eigenvalue weighted by Crippen LogP contribution is 2.42. The van der Waals surface area contributed by atoms with Crippen molar-refractivity contribution in [1.29, 1.82) is 0 Å². The van der Waals surface area contributed by atoms with E-state index in [2.05, 4.69) is 0 Å². The second-order valence-corrected chi connectivity index (χ2v) is 13.2. The van der Waals surface area contributed by atoms with Crippen molar-refractivity contribution in [1.82, 2.24) is 9.80 Å². The van der Waals surface area contributed by atoms with Crippen molar-refractivity contribution < 1.29 is 57.4 Å². The van der Waals surface area contributed by atoms with Crippen LogP contribution in [0.25, 0.3) is 0 Å². The van der Waals surface area contributed by atoms with Crippen molar-refractivity contribution in [3.05, 3.63) is 0 Å². The van der Waals surface area contributed by atoms with Gasteiger partial charge in [0.05, 0.1) is 0 Å². The number of hydrogen-bond donors (Lipinski definition) is 8. The summed E-state index contributed by atoms with van der Waals surface area (Å²) in [7, 11) is -18.2. The summed E-state index contributed by atoms with van der Waals surface area (Å²) < 4.78 is 44.4. The Morgan fingerprint density at radius 3 is 1.29 bits per heavy atom. The molecular formula is C10H28N2O12P4. The second kappa shape index (κ2) is 11.2. The summed E-state index contributed by atoms with van der Waals surface area (Å²) in [5.74, 6) is -0.315. The van der Waals surface area contributed by atoms with Crippen LogP contribution in [0, 0.1) is 5.92 Å². The monoisotopic (exact) mass is 492 g/mol. The van der Waals surface area contributed by atoms with Crippen LogP contribution >= 0.6 is 30.4 Å². The molecular weight excluding hydrogens is 464 g/mol. The first-order valence-electron chi connectivity index (χ1n) is 7.89. The first kappa shape index (κ1) is 28.5. The van der Waals surface area contributed by atoms with E-state index in [1.54, 1.807) is 6.92 Å². The smallest absolute Gasteiger partial charge is 0.324 e. The lowest BCUT2D eigenvalue weighted by atomic mass is 10.1. The van der Waals surface area contributed by atoms with Gasteiger partial charge in [0.15, 0.2) is 0 Å². The Kier molecular flexibility index (Phi) is 11.4. The number of nitrogens with zero attached hydrogens (tertiary/aromatic N) is 2. The van der Waals surface area contributed by atoms with E-state index in [1.807, 2.05) is 0 Å². The molecule has 1 unspecified atom stereocenters. The largest absolute Gasteiger partial charge is 0.339 e. The Bertz CT molecular complexity index is 617. The fourth-order valence-electron chi connectivity index (χ4n) is 2.58. The summed E-state index contributed by atoms with van der Waals surface area (Å²) in [5.41, 5.74) is 0. The standard InChI is InChI=1S/C10H28N2O12P4/c1-10(5-12(8-27(19,20)21)9-28(22,23)24)3-2-4-11(6-25(13,14)15)7-26(16,17)18/h10H,2-9H2,1H3,(H2,13,14,15)(H2,16,17,18)(H2,19,20,21)(H2,22,23,24). The van der Waals surface area contributed by atoms with Crippen molar-refractivity contribution in [2.24, 2.45) is 5.92 Å². The highest BCUT2D eigenvalue weighted by molar-refractivity contribution is 7.53. The molecule has 0 rings (SSSR count). The van der Waals surface area contributed by atoms with E-state index in [4.69, 9.17) is 39.1 Å². The molecule has 0 radical (unpaired) electrons. The van der Waals surface area contributed by atoms with Crippen molar-refractivity contribution in [3.8, 4) is 0 Å². The van der Waals surface area contributed by atoms with E-state index in [9.17, 15) is 18.3 Å². The Labute approximate surface area is 162 Å². The van der Waals surface area contributed by atoms with Gasteiger partial charge in [-0.25, -0.2) is 0 Å². The fourth-order valence-corrected chi connectivity index (χ4v) is 5.90. The topological polar surface area (TPSA) is 237 Å². The molecule has 0 aliphatic rings. The molecule has 0 aliphatic carbocycles. The van der Waals surface area contributed by atoms with E-state index < -0.39 is 55.5 Å². The van der Waals surface area contributed by atoms with Crippen LogP contribution < -0.4 is 0 Å². The van der Waals surface area contributed by atoms with Gasteiger partial charge in [-0.2, -0.15) is 0 Å². The molecule has 8 N–H and O–H groups in total. The van der Waals surface area contributed by atoms with Crippen LogP contribution in [0.3, 0.4) is 0 Å². The van der Waals surface area contributed by atoms with E-state index in [1.165, 1.54) is 0 Å². The Balaban J connectivity index is 4.77. The van der Waals surface area contributed by atoms with E-state index in [0.717, 1.165) is 9.80 Å². The van der Waals surface area contributed by atoms with Crippen LogP contribution in [-0.2, 0) is 18.3 Å². The minimum atomic E-state index is -4.55. The average Bonchev–Trinajstić information content (AvgIpc) is 2.29. The van der Waals surface area contributed by atoms with Gasteiger partial charge in [-0.15, -0.1) is 0 Å². The lowest BCUT2D eigenvalue weighted by Crippen LogP contribution is -2.31. The molecule has 0 aromatic carbocycles. The Morgan fingerprint density at radius 1 is 0.643 bits per heavy atom. The summed E-state index contributed by atoms with van der Waals surface area (Å²) >= 11 is 0. The van der Waals surface area contributed by atoms with Gasteiger partial charge in [0.2, 0.25) is 0 Å². The van der Waals surface area contributed by atoms with E-state index in [0.29, 0.717) is 6.42 Å². The third-order valence-corrected chi connectivity index (χ3v) is 6.35. The molecule has 0 saturated carbocycles. The summed E-state index contributed by atoms with van der Waals surface area (Å²) in [6.45, 7) is 1.52. The molecule has 0 aliphatic heterocycles. The van der Waals surface area contributed by atoms with Crippen LogP contribution in [0.15, 0.2) is 0 Å². The van der Waals surface area contributed by atoms with Gasteiger partial charge in [0.1, 0.15) is 25.1 Å². The van der Waals surface area contributed by atoms with Crippen LogP contribution in [0.2, 0.25) is 0 Å². The second-order valence-electron chi connectivity index (χ2n) is 6.72. The Morgan fingerprint density at radius 2 is 0.964 bits per heavy atom. The molecule has 170 valence electrons. The van der Waals surface area contributed by atoms with Crippen LogP contribution in [0.1, 0.15) is 19.8 Å². The van der Waals surface area contributed by atoms with Crippen molar-refractivity contribution >= 4 is 30.4 Å². The molecule has 14 nitrogen and oxygen atoms in total. The maximum absolute atomic E-state index is 11.1. The summed E-state index contributed by atoms with van der Waals surface area (Å²) in [6, 6.07) is 0. The first-order valence-corrected chi connectivity index (χ1v) is 15.1. The van der Waals surface area contributed by atoms with Gasteiger partial charge in [-0.05, 0) is 25.3 Å². The van der Waals surface area contributed by atoms with E-state index in [-0.39, 0.29) is 25.4 Å². The first-order chi connectivity index (χ1) is 12.3. The molecule has 0 fully saturated rings. The van der Waals surface area contributed by atoms with Gasteiger partial charge in [-0.1, -0.05) is 6.92 Å². The minimum absolute atomic E-state index is 0.0580. The highest BCUT2D eigenvalue weighted by Gasteiger charge is 2.28. The van der Waals surface area contributed by atoms with E-state index >= 15 is 0 Å². The van der Waals surface area contributed by atoms with Gasteiger partial charge in [0.25, 0.3) is 0 Å². The summed E-state index contributed by atoms with van der Waals surface area (Å²) in [5, 5.41) is 0. The summed E-state index contributed by atoms with van der Waals surface area (Å²) in [6.07, 6.45) is -2.81. The number of hydrogen-bond acceptors (Lipinski definition) is 6. The van der Waals surface area contributed by atoms with Crippen LogP contribution in [0.4, 0.5) is 0 Å². The normalized spacial score (nSPS) is 15.4. The zero-order valence-electron chi connectivity index (χ0n) is 15.1. The van der Waals surface area contributed by atoms with Gasteiger partial charge in [0, 0.05) is 6.54 Å². The molecule has 0 aromatic rings. The average molecular weight is 492 g/mol. The molecule has 0 amide bonds. The highest BCUT2D eigenvalue weighted by atomic mass is 31.2. The van der Waals surface area contributed by atoms with Gasteiger partial charge < -0.3 is 39.1 Å². The zero-order chi connectivity index (χ0) is 22.4. The predicted molar refractivity (Wildman–Crippen MR) is 99.5 cm³/mol. The molecule has 0 aromatic heterocycles. The van der Waals surface area contributed by atoms with Gasteiger partial charge >= 0.3 is 30.4 Å². The molecule has 0 bridgehead atoms. The number of rotatable bonds is 14. The quantitative estimate of drug-likeness (QED) is 0.143. The lowest BCUT2D eigenvalue weighted by molar-refractivity contribution is 0.238. The minimum Gasteiger partial charge on any atom is -0.324 e. The SMILES string of the molecule is CC(CCCN(CP(=O)(O)O)CP(=O)(O)O)CN(CP(=O)(O)O)CP(=O)(O)O. The predicted octanol–water partition coefficient (Wildman–Crippen LogP) is -0.453.